The molecule has 18 rings (SSSR count). The normalized spacial score (nSPS) is 12.8. The van der Waals surface area contributed by atoms with Crippen LogP contribution in [0.2, 0.25) is 0 Å². The maximum Gasteiger partial charge on any atom is 0.176 e. The second-order valence-corrected chi connectivity index (χ2v) is 34.8. The van der Waals surface area contributed by atoms with E-state index in [4.69, 9.17) is 0 Å². The van der Waals surface area contributed by atoms with E-state index >= 15 is 0 Å². The Morgan fingerprint density at radius 2 is 0.650 bits per heavy atom. The van der Waals surface area contributed by atoms with Gasteiger partial charge < -0.3 is 45.7 Å². The van der Waals surface area contributed by atoms with Gasteiger partial charge in [-0.3, -0.25) is 29.9 Å². The van der Waals surface area contributed by atoms with Crippen LogP contribution < -0.4 is 18.3 Å². The van der Waals surface area contributed by atoms with E-state index in [9.17, 15) is 0 Å². The molecule has 732 valence electrons. The first-order valence-corrected chi connectivity index (χ1v) is 47.5. The van der Waals surface area contributed by atoms with Crippen LogP contribution in [-0.2, 0) is 158 Å². The molecular weight excluding hydrogens is 2430 g/mol. The fourth-order valence-electron chi connectivity index (χ4n) is 17.1. The third-order valence-corrected chi connectivity index (χ3v) is 25.1. The Hall–Kier alpha value is -12.2. The van der Waals surface area contributed by atoms with Crippen molar-refractivity contribution in [3.63, 3.8) is 0 Å². The number of nitrogens with zero attached hydrogens (tertiary/aromatic N) is 26. The molecule has 1 aliphatic heterocycles. The summed E-state index contributed by atoms with van der Waals surface area (Å²) in [5.41, 5.74) is 14.8. The Labute approximate surface area is 883 Å². The van der Waals surface area contributed by atoms with Gasteiger partial charge in [0.1, 0.15) is 13.1 Å². The first-order chi connectivity index (χ1) is 66.2. The molecule has 0 radical (unpaired) electrons. The zero-order valence-corrected chi connectivity index (χ0v) is 94.5. The van der Waals surface area contributed by atoms with E-state index in [1.54, 1.807) is 49.6 Å². The molecule has 17 aromatic rings. The van der Waals surface area contributed by atoms with E-state index in [1.807, 2.05) is 238 Å². The summed E-state index contributed by atoms with van der Waals surface area (Å²) in [6.07, 6.45) is 75.7. The smallest absolute Gasteiger partial charge is 0.176 e. The maximum atomic E-state index is 4.51. The summed E-state index contributed by atoms with van der Waals surface area (Å²) in [6.45, 7) is 17.7. The molecule has 7 atom stereocenters. The quantitative estimate of drug-likeness (QED) is 0.0224. The summed E-state index contributed by atoms with van der Waals surface area (Å²) >= 11 is 0. The van der Waals surface area contributed by atoms with Gasteiger partial charge in [0.2, 0.25) is 0 Å². The summed E-state index contributed by atoms with van der Waals surface area (Å²) in [5.74, 6) is 10.6. The standard InChI is InChI=1S/C39H46N5.C28H38N3.C11H12N2.4C8H10N4.2Os.2W/c1-4-32(35-15-24-43(3)25-16-35)29-37(34-13-20-40-21-14-34)30-33(5-2)36-17-26-44(27-18-36)23-9-7-10-31-12-22-42-39(28-31)38-11-6-8-19-41-38;1-5-16-31-19-12-27(13-20-31)24(7-3)22-28(25-8-14-29-15-9-25)21-23(6-2)26-10-17-30(4)18-11-26;1-8-6-7-12-11(8)10-5-3-4-9(2)13-10;4*1-11-5-3-9-7(11)8-10-4-6-12(8)2;;;;/h6,8,11-22,24-28,32-33,37H,3-5,7,9-10,23,29-30H2,1-2H3;8-15,17-20,23-24,28H,4-7,16,21-22H2,1-3H3;3-8H,1-2H3;4*3-6H,1-2H3;;;;/q2*+1;;;;;;;;;. The molecule has 0 fully saturated rings. The van der Waals surface area contributed by atoms with Gasteiger partial charge in [0.05, 0.1) is 47.6 Å². The fraction of sp³-hybridized carbons (Fsp3) is 0.327. The number of hydrogen-bond donors (Lipinski definition) is 0. The minimum atomic E-state index is 0. The number of pyridine rings is 9. The number of aromatic nitrogens is 25. The number of hydrogen-bond acceptors (Lipinski definition) is 14. The second-order valence-electron chi connectivity index (χ2n) is 34.8. The van der Waals surface area contributed by atoms with Crippen LogP contribution in [0.3, 0.4) is 0 Å². The van der Waals surface area contributed by atoms with Crippen molar-refractivity contribution in [2.75, 3.05) is 0 Å². The molecule has 0 N–H and O–H groups in total. The van der Waals surface area contributed by atoms with Crippen LogP contribution in [-0.4, -0.2) is 107 Å². The number of allylic oxidation sites excluding steroid dienone is 1. The number of aryl methyl sites for hydroxylation is 12. The first-order valence-electron chi connectivity index (χ1n) is 47.5. The molecule has 0 bridgehead atoms. The molecule has 0 aromatic carbocycles. The van der Waals surface area contributed by atoms with Crippen LogP contribution in [0, 0.1) is 26.9 Å². The number of imidazole rings is 8. The minimum absolute atomic E-state index is 0. The van der Waals surface area contributed by atoms with Crippen molar-refractivity contribution >= 4 is 5.71 Å². The molecule has 7 unspecified atom stereocenters. The van der Waals surface area contributed by atoms with E-state index in [0.717, 1.165) is 165 Å². The van der Waals surface area contributed by atoms with Gasteiger partial charge in [-0.2, -0.15) is 0 Å². The Morgan fingerprint density at radius 1 is 0.329 bits per heavy atom. The van der Waals surface area contributed by atoms with Crippen molar-refractivity contribution in [1.29, 1.82) is 0 Å². The zero-order valence-electron chi connectivity index (χ0n) is 83.5. The fourth-order valence-corrected chi connectivity index (χ4v) is 17.1. The monoisotopic (exact) mass is 2570 g/mol. The van der Waals surface area contributed by atoms with Gasteiger partial charge in [-0.15, -0.1) is 0 Å². The van der Waals surface area contributed by atoms with Crippen molar-refractivity contribution in [1.82, 2.24) is 101 Å². The molecule has 0 saturated heterocycles. The predicted molar refractivity (Wildman–Crippen MR) is 539 cm³/mol. The predicted octanol–water partition coefficient (Wildman–Crippen LogP) is 19.6. The molecule has 0 saturated carbocycles. The Bertz CT molecular complexity index is 5960. The van der Waals surface area contributed by atoms with Crippen LogP contribution in [0.4, 0.5) is 0 Å². The van der Waals surface area contributed by atoms with Crippen molar-refractivity contribution in [3.05, 3.63) is 384 Å². The van der Waals surface area contributed by atoms with Crippen molar-refractivity contribution in [2.45, 2.75) is 174 Å². The number of aliphatic imine (C=N–C) groups is 1. The second kappa shape index (κ2) is 58.8. The molecule has 26 nitrogen and oxygen atoms in total. The zero-order chi connectivity index (χ0) is 96.1. The van der Waals surface area contributed by atoms with Gasteiger partial charge in [-0.25, -0.2) is 49.0 Å². The Morgan fingerprint density at radius 3 is 0.943 bits per heavy atom. The van der Waals surface area contributed by atoms with Gasteiger partial charge >= 0.3 is 0 Å². The summed E-state index contributed by atoms with van der Waals surface area (Å²) in [5, 5.41) is 0. The van der Waals surface area contributed by atoms with Crippen LogP contribution in [0.25, 0.3) is 58.0 Å². The van der Waals surface area contributed by atoms with Crippen LogP contribution >= 0.6 is 0 Å². The Kier molecular flexibility index (Phi) is 47.5. The topological polar surface area (TPSA) is 235 Å². The van der Waals surface area contributed by atoms with E-state index in [-0.39, 0.29) is 81.7 Å². The van der Waals surface area contributed by atoms with Crippen molar-refractivity contribution < 1.29 is 100.0 Å². The third-order valence-electron chi connectivity index (χ3n) is 25.1. The van der Waals surface area contributed by atoms with E-state index in [2.05, 4.69) is 275 Å². The Balaban J connectivity index is 0.000000215. The largest absolute Gasteiger partial charge is 0.339 e. The van der Waals surface area contributed by atoms with E-state index in [0.29, 0.717) is 41.4 Å². The molecule has 1 aliphatic rings. The van der Waals surface area contributed by atoms with E-state index in [1.165, 1.54) is 38.9 Å². The molecule has 0 aliphatic carbocycles. The van der Waals surface area contributed by atoms with Crippen LogP contribution in [0.1, 0.15) is 198 Å². The minimum Gasteiger partial charge on any atom is -0.339 e. The van der Waals surface area contributed by atoms with E-state index < -0.39 is 0 Å². The molecule has 0 amide bonds. The van der Waals surface area contributed by atoms with Crippen LogP contribution in [0.5, 0.6) is 0 Å². The van der Waals surface area contributed by atoms with Gasteiger partial charge in [0.15, 0.2) is 71.4 Å². The van der Waals surface area contributed by atoms with Gasteiger partial charge in [0, 0.05) is 343 Å². The SMILES string of the molecule is Cc1cccc(C2=NC=CC2C)n1.Cn1ccnc1-c1nccn1C.Cn1ccnc1-c1nccn1C.Cn1ccnc1-c1nccn1C.Cn1ccnc1-c1nccn1C.[CH2-][n+]1ccc(C(CC)CC(CC(CC)c2cc[n+](CCC)cc2)c2ccncc2)cc1.[CH2-][n+]1ccc(C(CC)CC(CC(CC)c2cc[n+](CCCCc3ccnc(-c4ccccn4)c3)cc2)c2ccncc2)cc1.[Os].[Os].[W].[W]. The average molecular weight is 2570 g/mol. The number of unbranched alkanes of at least 4 members (excludes halogenated alkanes) is 1. The van der Waals surface area contributed by atoms with Gasteiger partial charge in [-0.1, -0.05) is 95.1 Å². The van der Waals surface area contributed by atoms with Crippen molar-refractivity contribution in [2.24, 2.45) is 67.3 Å². The summed E-state index contributed by atoms with van der Waals surface area (Å²) < 4.78 is 23.9. The summed E-state index contributed by atoms with van der Waals surface area (Å²) in [6, 6.07) is 43.4. The molecule has 17 aromatic heterocycles. The molecule has 0 spiro atoms. The molecule has 30 heteroatoms. The van der Waals surface area contributed by atoms with Crippen LogP contribution in [0.15, 0.2) is 325 Å². The molecular formula is C110H136N26Os2W2+2. The first kappa shape index (κ1) is 113. The van der Waals surface area contributed by atoms with Gasteiger partial charge in [0.25, 0.3) is 0 Å². The van der Waals surface area contributed by atoms with Crippen molar-refractivity contribution in [3.8, 4) is 58.0 Å². The third kappa shape index (κ3) is 33.0. The summed E-state index contributed by atoms with van der Waals surface area (Å²) in [4.78, 5) is 59.9. The molecule has 18 heterocycles. The van der Waals surface area contributed by atoms with Gasteiger partial charge in [-0.05, 0) is 195 Å². The average Bonchev–Trinajstić information content (AvgIpc) is 1.62. The molecule has 140 heavy (non-hydrogen) atoms. The maximum absolute atomic E-state index is 4.51. The number of rotatable bonds is 31. The summed E-state index contributed by atoms with van der Waals surface area (Å²) in [7, 11) is 23.6.